The second kappa shape index (κ2) is 9.49. The molecule has 1 atom stereocenters. The summed E-state index contributed by atoms with van der Waals surface area (Å²) >= 11 is 1.20. The molecule has 2 heterocycles. The molecule has 164 valence electrons. The zero-order valence-corrected chi connectivity index (χ0v) is 19.4. The third-order valence-corrected chi connectivity index (χ3v) is 8.47. The number of carbonyl (C=O) groups is 1. The normalized spacial score (nSPS) is 18.2. The van der Waals surface area contributed by atoms with Crippen LogP contribution in [-0.4, -0.2) is 44.9 Å². The molecule has 2 aromatic rings. The van der Waals surface area contributed by atoms with E-state index in [0.717, 1.165) is 5.75 Å². The second-order valence-electron chi connectivity index (χ2n) is 8.55. The van der Waals surface area contributed by atoms with E-state index in [1.165, 1.54) is 21.2 Å². The molecule has 30 heavy (non-hydrogen) atoms. The van der Waals surface area contributed by atoms with E-state index < -0.39 is 10.0 Å². The first-order valence-electron chi connectivity index (χ1n) is 10.2. The minimum absolute atomic E-state index is 0.0946. The van der Waals surface area contributed by atoms with Crippen LogP contribution >= 0.6 is 11.3 Å². The third-order valence-electron chi connectivity index (χ3n) is 5.23. The number of thiophene rings is 1. The van der Waals surface area contributed by atoms with Gasteiger partial charge < -0.3 is 10.1 Å². The van der Waals surface area contributed by atoms with Gasteiger partial charge in [-0.1, -0.05) is 39.0 Å². The van der Waals surface area contributed by atoms with Gasteiger partial charge in [0.05, 0.1) is 12.5 Å². The summed E-state index contributed by atoms with van der Waals surface area (Å²) in [6.07, 6.45) is 1.37. The van der Waals surface area contributed by atoms with Gasteiger partial charge in [-0.25, -0.2) is 8.42 Å². The number of hydrogen-bond acceptors (Lipinski definition) is 5. The highest BCUT2D eigenvalue weighted by Crippen LogP contribution is 2.26. The predicted octanol–water partition coefficient (Wildman–Crippen LogP) is 3.64. The summed E-state index contributed by atoms with van der Waals surface area (Å²) < 4.78 is 32.9. The number of nitrogens with one attached hydrogen (secondary N) is 1. The first-order valence-corrected chi connectivity index (χ1v) is 12.5. The van der Waals surface area contributed by atoms with Crippen LogP contribution in [0.1, 0.15) is 39.2 Å². The predicted molar refractivity (Wildman–Crippen MR) is 119 cm³/mol. The van der Waals surface area contributed by atoms with E-state index in [2.05, 4.69) is 38.2 Å². The van der Waals surface area contributed by atoms with Crippen LogP contribution in [0.5, 0.6) is 5.75 Å². The number of ether oxygens (including phenoxy) is 1. The molecule has 1 amide bonds. The smallest absolute Gasteiger partial charge is 0.252 e. The van der Waals surface area contributed by atoms with Gasteiger partial charge in [0, 0.05) is 13.1 Å². The van der Waals surface area contributed by atoms with E-state index in [1.807, 2.05) is 12.1 Å². The Morgan fingerprint density at radius 1 is 1.23 bits per heavy atom. The maximum Gasteiger partial charge on any atom is 0.252 e. The molecule has 0 aliphatic carbocycles. The van der Waals surface area contributed by atoms with Crippen molar-refractivity contribution in [1.29, 1.82) is 0 Å². The number of piperidine rings is 1. The van der Waals surface area contributed by atoms with Gasteiger partial charge in [-0.05, 0) is 47.4 Å². The van der Waals surface area contributed by atoms with Crippen LogP contribution in [0, 0.1) is 5.92 Å². The summed E-state index contributed by atoms with van der Waals surface area (Å²) in [5.41, 5.74) is 1.33. The van der Waals surface area contributed by atoms with Crippen molar-refractivity contribution in [2.45, 2.75) is 43.2 Å². The van der Waals surface area contributed by atoms with Crippen molar-refractivity contribution in [1.82, 2.24) is 9.62 Å². The highest BCUT2D eigenvalue weighted by molar-refractivity contribution is 7.91. The van der Waals surface area contributed by atoms with E-state index >= 15 is 0 Å². The maximum absolute atomic E-state index is 12.7. The number of amides is 1. The summed E-state index contributed by atoms with van der Waals surface area (Å²) in [4.78, 5) is 12.5. The monoisotopic (exact) mass is 450 g/mol. The third kappa shape index (κ3) is 5.62. The maximum atomic E-state index is 12.7. The second-order valence-corrected chi connectivity index (χ2v) is 11.7. The number of nitrogens with zero attached hydrogens (tertiary/aromatic N) is 1. The lowest BCUT2D eigenvalue weighted by Gasteiger charge is -2.30. The number of hydrogen-bond donors (Lipinski definition) is 1. The summed E-state index contributed by atoms with van der Waals surface area (Å²) in [5.74, 6) is 0.315. The van der Waals surface area contributed by atoms with Gasteiger partial charge in [-0.3, -0.25) is 4.79 Å². The van der Waals surface area contributed by atoms with E-state index in [9.17, 15) is 13.2 Å². The topological polar surface area (TPSA) is 75.7 Å². The lowest BCUT2D eigenvalue weighted by atomic mass is 9.87. The number of carbonyl (C=O) groups excluding carboxylic acids is 1. The molecule has 3 rings (SSSR count). The minimum atomic E-state index is -3.51. The van der Waals surface area contributed by atoms with Gasteiger partial charge >= 0.3 is 0 Å². The van der Waals surface area contributed by atoms with E-state index in [-0.39, 0.29) is 23.8 Å². The fourth-order valence-corrected chi connectivity index (χ4v) is 6.12. The molecule has 1 aliphatic rings. The van der Waals surface area contributed by atoms with Gasteiger partial charge in [-0.2, -0.15) is 4.31 Å². The van der Waals surface area contributed by atoms with E-state index in [4.69, 9.17) is 4.74 Å². The van der Waals surface area contributed by atoms with Gasteiger partial charge in [0.2, 0.25) is 5.91 Å². The number of benzene rings is 1. The average molecular weight is 451 g/mol. The Morgan fingerprint density at radius 3 is 2.60 bits per heavy atom. The largest absolute Gasteiger partial charge is 0.492 e. The lowest BCUT2D eigenvalue weighted by molar-refractivity contribution is -0.126. The first kappa shape index (κ1) is 22.8. The zero-order valence-electron chi connectivity index (χ0n) is 17.8. The van der Waals surface area contributed by atoms with Crippen molar-refractivity contribution >= 4 is 27.3 Å². The average Bonchev–Trinajstić information content (AvgIpc) is 3.27. The summed E-state index contributed by atoms with van der Waals surface area (Å²) in [7, 11) is -3.51. The Kier molecular flexibility index (Phi) is 7.21. The molecule has 1 N–H and O–H groups in total. The standard InChI is InChI=1S/C22H30N2O4S2/c1-22(2,3)18-8-10-19(11-9-18)28-14-12-23-21(25)17-6-4-13-24(16-17)30(26,27)20-7-5-15-29-20/h5,7-11,15,17H,4,6,12-14,16H2,1-3H3,(H,23,25). The molecule has 1 unspecified atom stereocenters. The van der Waals surface area contributed by atoms with Crippen LogP contribution in [0.15, 0.2) is 46.0 Å². The molecule has 0 radical (unpaired) electrons. The van der Waals surface area contributed by atoms with Crippen LogP contribution < -0.4 is 10.1 Å². The highest BCUT2D eigenvalue weighted by atomic mass is 32.2. The Labute approximate surface area is 183 Å². The van der Waals surface area contributed by atoms with Gasteiger partial charge in [-0.15, -0.1) is 11.3 Å². The van der Waals surface area contributed by atoms with E-state index in [1.54, 1.807) is 17.5 Å². The van der Waals surface area contributed by atoms with Crippen LogP contribution in [0.2, 0.25) is 0 Å². The quantitative estimate of drug-likeness (QED) is 0.654. The van der Waals surface area contributed by atoms with Gasteiger partial charge in [0.15, 0.2) is 0 Å². The van der Waals surface area contributed by atoms with Crippen LogP contribution in [0.25, 0.3) is 0 Å². The molecule has 8 heteroatoms. The molecule has 1 aromatic heterocycles. The Morgan fingerprint density at radius 2 is 1.97 bits per heavy atom. The van der Waals surface area contributed by atoms with Crippen molar-refractivity contribution in [2.24, 2.45) is 5.92 Å². The van der Waals surface area contributed by atoms with Crippen LogP contribution in [0.4, 0.5) is 0 Å². The van der Waals surface area contributed by atoms with Crippen LogP contribution in [0.3, 0.4) is 0 Å². The molecule has 1 aliphatic heterocycles. The molecular weight excluding hydrogens is 420 g/mol. The minimum Gasteiger partial charge on any atom is -0.492 e. The summed E-state index contributed by atoms with van der Waals surface area (Å²) in [5, 5.41) is 4.63. The lowest BCUT2D eigenvalue weighted by Crippen LogP contribution is -2.45. The SMILES string of the molecule is CC(C)(C)c1ccc(OCCNC(=O)C2CCCN(S(=O)(=O)c3cccs3)C2)cc1. The zero-order chi connectivity index (χ0) is 21.8. The Balaban J connectivity index is 1.46. The molecule has 0 spiro atoms. The first-order chi connectivity index (χ1) is 14.2. The number of sulfonamides is 1. The van der Waals surface area contributed by atoms with Crippen molar-refractivity contribution in [2.75, 3.05) is 26.2 Å². The van der Waals surface area contributed by atoms with Gasteiger partial charge in [0.1, 0.15) is 16.6 Å². The van der Waals surface area contributed by atoms with E-state index in [0.29, 0.717) is 36.7 Å². The van der Waals surface area contributed by atoms with Crippen molar-refractivity contribution in [3.8, 4) is 5.75 Å². The fraction of sp³-hybridized carbons (Fsp3) is 0.500. The molecule has 0 saturated carbocycles. The molecule has 1 fully saturated rings. The van der Waals surface area contributed by atoms with Crippen molar-refractivity contribution in [3.63, 3.8) is 0 Å². The molecule has 0 bridgehead atoms. The van der Waals surface area contributed by atoms with Crippen LogP contribution in [-0.2, 0) is 20.2 Å². The molecular formula is C22H30N2O4S2. The summed E-state index contributed by atoms with van der Waals surface area (Å²) in [6, 6.07) is 11.3. The fourth-order valence-electron chi connectivity index (χ4n) is 3.45. The molecule has 6 nitrogen and oxygen atoms in total. The Hall–Kier alpha value is -1.90. The molecule has 1 aromatic carbocycles. The highest BCUT2D eigenvalue weighted by Gasteiger charge is 2.33. The van der Waals surface area contributed by atoms with Crippen molar-refractivity contribution in [3.05, 3.63) is 47.3 Å². The molecule has 1 saturated heterocycles. The summed E-state index contributed by atoms with van der Waals surface area (Å²) in [6.45, 7) is 7.92. The van der Waals surface area contributed by atoms with Crippen molar-refractivity contribution < 1.29 is 17.9 Å². The number of rotatable bonds is 7. The van der Waals surface area contributed by atoms with Gasteiger partial charge in [0.25, 0.3) is 10.0 Å². The Bertz CT molecular complexity index is 933.